The number of hydrogen-bond acceptors (Lipinski definition) is 0. The van der Waals surface area contributed by atoms with Crippen molar-refractivity contribution in [1.29, 1.82) is 0 Å². The Balaban J connectivity index is 0.000000424. The van der Waals surface area contributed by atoms with Crippen LogP contribution in [-0.2, 0) is 0 Å². The van der Waals surface area contributed by atoms with Crippen molar-refractivity contribution in [3.63, 3.8) is 0 Å². The highest BCUT2D eigenvalue weighted by molar-refractivity contribution is 5.63. The van der Waals surface area contributed by atoms with E-state index in [0.717, 1.165) is 11.1 Å². The molecule has 0 unspecified atom stereocenters. The standard InChI is InChI=1S/C10H10.C3H4/c1-3-9-7-5-6-8-10(9)4-2;1-3-2/h3-8H,1-2H2;1-2H2. The molecular formula is C13H14. The molecule has 0 heteroatoms. The quantitative estimate of drug-likeness (QED) is 0.590. The zero-order valence-corrected chi connectivity index (χ0v) is 7.79. The maximum absolute atomic E-state index is 3.69. The predicted octanol–water partition coefficient (Wildman–Crippen LogP) is 3.93. The Morgan fingerprint density at radius 2 is 1.23 bits per heavy atom. The number of benzene rings is 1. The van der Waals surface area contributed by atoms with Crippen molar-refractivity contribution in [2.24, 2.45) is 0 Å². The smallest absolute Gasteiger partial charge is 0.0190 e. The van der Waals surface area contributed by atoms with Crippen LogP contribution in [0.5, 0.6) is 0 Å². The normalized spacial score (nSPS) is 7.38. The van der Waals surface area contributed by atoms with Crippen molar-refractivity contribution in [2.45, 2.75) is 0 Å². The molecule has 0 aliphatic rings. The molecule has 0 radical (unpaired) electrons. The van der Waals surface area contributed by atoms with Crippen LogP contribution in [0.25, 0.3) is 12.2 Å². The zero-order valence-electron chi connectivity index (χ0n) is 7.79. The summed E-state index contributed by atoms with van der Waals surface area (Å²) in [6.45, 7) is 13.6. The van der Waals surface area contributed by atoms with Crippen LogP contribution >= 0.6 is 0 Å². The monoisotopic (exact) mass is 170 g/mol. The van der Waals surface area contributed by atoms with E-state index in [9.17, 15) is 0 Å². The second-order valence-electron chi connectivity index (χ2n) is 2.29. The van der Waals surface area contributed by atoms with Crippen LogP contribution in [0.4, 0.5) is 0 Å². The molecule has 0 spiro atoms. The maximum atomic E-state index is 3.69. The summed E-state index contributed by atoms with van der Waals surface area (Å²) in [7, 11) is 0. The summed E-state index contributed by atoms with van der Waals surface area (Å²) in [4.78, 5) is 0. The van der Waals surface area contributed by atoms with Crippen molar-refractivity contribution >= 4 is 12.2 Å². The van der Waals surface area contributed by atoms with Crippen LogP contribution in [0, 0.1) is 0 Å². The molecule has 0 aromatic heterocycles. The highest BCUT2D eigenvalue weighted by Gasteiger charge is 1.89. The highest BCUT2D eigenvalue weighted by Crippen LogP contribution is 2.10. The van der Waals surface area contributed by atoms with Crippen LogP contribution in [-0.4, -0.2) is 0 Å². The molecule has 0 heterocycles. The van der Waals surface area contributed by atoms with Crippen LogP contribution in [0.3, 0.4) is 0 Å². The van der Waals surface area contributed by atoms with Crippen molar-refractivity contribution in [3.8, 4) is 0 Å². The first kappa shape index (κ1) is 11.2. The molecule has 0 saturated heterocycles. The van der Waals surface area contributed by atoms with Gasteiger partial charge in [0.05, 0.1) is 0 Å². The SMILES string of the molecule is C=C=C.C=Cc1ccccc1C=C. The second-order valence-corrected chi connectivity index (χ2v) is 2.29. The van der Waals surface area contributed by atoms with Crippen molar-refractivity contribution in [3.05, 3.63) is 67.4 Å². The van der Waals surface area contributed by atoms with Gasteiger partial charge >= 0.3 is 0 Å². The molecular weight excluding hydrogens is 156 g/mol. The molecule has 13 heavy (non-hydrogen) atoms. The Morgan fingerprint density at radius 3 is 1.46 bits per heavy atom. The van der Waals surface area contributed by atoms with Gasteiger partial charge in [-0.05, 0) is 11.1 Å². The maximum Gasteiger partial charge on any atom is -0.0190 e. The second kappa shape index (κ2) is 6.90. The fraction of sp³-hybridized carbons (Fsp3) is 0. The lowest BCUT2D eigenvalue weighted by Gasteiger charge is -1.96. The predicted molar refractivity (Wildman–Crippen MR) is 61.4 cm³/mol. The lowest BCUT2D eigenvalue weighted by Crippen LogP contribution is -1.76. The van der Waals surface area contributed by atoms with E-state index in [0.29, 0.717) is 0 Å². The van der Waals surface area contributed by atoms with Gasteiger partial charge in [-0.1, -0.05) is 62.7 Å². The first-order valence-corrected chi connectivity index (χ1v) is 3.93. The van der Waals surface area contributed by atoms with E-state index in [1.165, 1.54) is 0 Å². The van der Waals surface area contributed by atoms with Crippen LogP contribution in [0.1, 0.15) is 11.1 Å². The molecule has 0 bridgehead atoms. The van der Waals surface area contributed by atoms with Gasteiger partial charge in [0.25, 0.3) is 0 Å². The Morgan fingerprint density at radius 1 is 0.923 bits per heavy atom. The summed E-state index contributed by atoms with van der Waals surface area (Å²) < 4.78 is 0. The van der Waals surface area contributed by atoms with Gasteiger partial charge in [0.1, 0.15) is 0 Å². The van der Waals surface area contributed by atoms with E-state index in [2.05, 4.69) is 32.0 Å². The lowest BCUT2D eigenvalue weighted by atomic mass is 10.1. The Bertz CT molecular complexity index is 286. The molecule has 0 aliphatic carbocycles. The third-order valence-electron chi connectivity index (χ3n) is 1.44. The van der Waals surface area contributed by atoms with Gasteiger partial charge in [0.15, 0.2) is 0 Å². The molecule has 0 saturated carbocycles. The molecule has 0 nitrogen and oxygen atoms in total. The Kier molecular flexibility index (Phi) is 5.96. The van der Waals surface area contributed by atoms with Gasteiger partial charge < -0.3 is 0 Å². The largest absolute Gasteiger partial charge is 0.137 e. The summed E-state index contributed by atoms with van der Waals surface area (Å²) in [5.41, 5.74) is 4.52. The van der Waals surface area contributed by atoms with Gasteiger partial charge in [0, 0.05) is 0 Å². The van der Waals surface area contributed by atoms with E-state index in [1.807, 2.05) is 36.4 Å². The Hall–Kier alpha value is -1.78. The first-order valence-electron chi connectivity index (χ1n) is 3.93. The molecule has 0 atom stereocenters. The first-order chi connectivity index (χ1) is 6.29. The van der Waals surface area contributed by atoms with Crippen molar-refractivity contribution < 1.29 is 0 Å². The van der Waals surface area contributed by atoms with Gasteiger partial charge in [-0.2, -0.15) is 0 Å². The molecule has 66 valence electrons. The molecule has 1 rings (SSSR count). The minimum atomic E-state index is 1.14. The molecule has 0 amide bonds. The molecule has 0 fully saturated rings. The molecule has 1 aromatic carbocycles. The van der Waals surface area contributed by atoms with Crippen molar-refractivity contribution in [1.82, 2.24) is 0 Å². The van der Waals surface area contributed by atoms with Crippen LogP contribution in [0.15, 0.2) is 56.3 Å². The lowest BCUT2D eigenvalue weighted by molar-refractivity contribution is 1.62. The molecule has 1 aromatic rings. The molecule has 0 aliphatic heterocycles. The van der Waals surface area contributed by atoms with E-state index in [4.69, 9.17) is 0 Å². The number of rotatable bonds is 2. The van der Waals surface area contributed by atoms with Gasteiger partial charge in [-0.15, -0.1) is 5.73 Å². The van der Waals surface area contributed by atoms with E-state index >= 15 is 0 Å². The van der Waals surface area contributed by atoms with E-state index in [-0.39, 0.29) is 0 Å². The van der Waals surface area contributed by atoms with E-state index < -0.39 is 0 Å². The molecule has 0 N–H and O–H groups in total. The fourth-order valence-corrected chi connectivity index (χ4v) is 0.883. The number of hydrogen-bond donors (Lipinski definition) is 0. The summed E-state index contributed by atoms with van der Waals surface area (Å²) >= 11 is 0. The van der Waals surface area contributed by atoms with Crippen LogP contribution in [0.2, 0.25) is 0 Å². The summed E-state index contributed by atoms with van der Waals surface area (Å²) in [5.74, 6) is 0. The Labute approximate surface area is 80.2 Å². The summed E-state index contributed by atoms with van der Waals surface area (Å²) in [5, 5.41) is 0. The summed E-state index contributed by atoms with van der Waals surface area (Å²) in [6.07, 6.45) is 3.66. The van der Waals surface area contributed by atoms with Gasteiger partial charge in [-0.3, -0.25) is 0 Å². The highest BCUT2D eigenvalue weighted by atomic mass is 13.9. The average molecular weight is 170 g/mol. The van der Waals surface area contributed by atoms with Gasteiger partial charge in [-0.25, -0.2) is 0 Å². The van der Waals surface area contributed by atoms with E-state index in [1.54, 1.807) is 0 Å². The minimum absolute atomic E-state index is 1.14. The third-order valence-corrected chi connectivity index (χ3v) is 1.44. The average Bonchev–Trinajstić information content (AvgIpc) is 2.19. The fourth-order valence-electron chi connectivity index (χ4n) is 0.883. The van der Waals surface area contributed by atoms with Gasteiger partial charge in [0.2, 0.25) is 0 Å². The zero-order chi connectivity index (χ0) is 10.1. The third kappa shape index (κ3) is 3.95. The minimum Gasteiger partial charge on any atom is -0.137 e. The summed E-state index contributed by atoms with van der Waals surface area (Å²) in [6, 6.07) is 8.02. The van der Waals surface area contributed by atoms with Crippen LogP contribution < -0.4 is 0 Å². The van der Waals surface area contributed by atoms with Crippen molar-refractivity contribution in [2.75, 3.05) is 0 Å². The topological polar surface area (TPSA) is 0 Å².